The maximum atomic E-state index is 14.7. The van der Waals surface area contributed by atoms with Gasteiger partial charge in [-0.2, -0.15) is 5.06 Å². The van der Waals surface area contributed by atoms with Crippen molar-refractivity contribution in [2.75, 3.05) is 19.0 Å². The number of nitrogens with zero attached hydrogens (tertiary/aromatic N) is 3. The molecular weight excluding hydrogens is 413 g/mol. The smallest absolute Gasteiger partial charge is 0.174 e. The van der Waals surface area contributed by atoms with Gasteiger partial charge in [-0.3, -0.25) is 4.84 Å². The number of rotatable bonds is 5. The SMILES string of the molecule is CN1OC(C)(C)CC1S(=O)(=O)Cc1noc2cc(F)c(N(C)C(O)C(C)(C)C)cc12. The van der Waals surface area contributed by atoms with Gasteiger partial charge in [0, 0.05) is 37.4 Å². The second kappa shape index (κ2) is 7.44. The van der Waals surface area contributed by atoms with Crippen molar-refractivity contribution < 1.29 is 27.3 Å². The van der Waals surface area contributed by atoms with Crippen LogP contribution >= 0.6 is 0 Å². The van der Waals surface area contributed by atoms with Crippen LogP contribution in [-0.2, 0) is 20.4 Å². The maximum Gasteiger partial charge on any atom is 0.174 e. The fraction of sp³-hybridized carbons (Fsp3) is 0.650. The quantitative estimate of drug-likeness (QED) is 0.705. The van der Waals surface area contributed by atoms with Crippen molar-refractivity contribution in [1.82, 2.24) is 10.2 Å². The largest absolute Gasteiger partial charge is 0.373 e. The lowest BCUT2D eigenvalue weighted by Crippen LogP contribution is -2.42. The molecule has 8 nitrogen and oxygen atoms in total. The van der Waals surface area contributed by atoms with Crippen molar-refractivity contribution in [1.29, 1.82) is 0 Å². The van der Waals surface area contributed by atoms with E-state index in [2.05, 4.69) is 5.16 Å². The molecule has 30 heavy (non-hydrogen) atoms. The number of fused-ring (bicyclic) bond motifs is 1. The first-order chi connectivity index (χ1) is 13.6. The Hall–Kier alpha value is -1.75. The van der Waals surface area contributed by atoms with Crippen LogP contribution in [0.15, 0.2) is 16.7 Å². The fourth-order valence-corrected chi connectivity index (χ4v) is 5.69. The molecule has 1 aromatic carbocycles. The second-order valence-corrected chi connectivity index (χ2v) is 11.8. The van der Waals surface area contributed by atoms with E-state index in [-0.39, 0.29) is 22.7 Å². The lowest BCUT2D eigenvalue weighted by Gasteiger charge is -2.35. The third-order valence-electron chi connectivity index (χ3n) is 5.35. The number of hydrogen-bond acceptors (Lipinski definition) is 8. The Kier molecular flexibility index (Phi) is 5.68. The molecule has 1 aliphatic rings. The van der Waals surface area contributed by atoms with Gasteiger partial charge in [-0.15, -0.1) is 0 Å². The zero-order valence-electron chi connectivity index (χ0n) is 18.4. The molecule has 1 fully saturated rings. The molecule has 1 aromatic heterocycles. The predicted molar refractivity (Wildman–Crippen MR) is 112 cm³/mol. The zero-order chi connectivity index (χ0) is 22.6. The van der Waals surface area contributed by atoms with Gasteiger partial charge in [0.05, 0.1) is 17.0 Å². The van der Waals surface area contributed by atoms with Crippen LogP contribution in [0.5, 0.6) is 0 Å². The van der Waals surface area contributed by atoms with Crippen LogP contribution in [-0.4, -0.2) is 55.0 Å². The van der Waals surface area contributed by atoms with Gasteiger partial charge in [0.2, 0.25) is 0 Å². The first-order valence-corrected chi connectivity index (χ1v) is 11.5. The Morgan fingerprint density at radius 3 is 2.57 bits per heavy atom. The van der Waals surface area contributed by atoms with Crippen molar-refractivity contribution in [2.45, 2.75) is 64.0 Å². The number of aliphatic hydroxyl groups is 1. The second-order valence-electron chi connectivity index (χ2n) is 9.64. The Labute approximate surface area is 176 Å². The third kappa shape index (κ3) is 4.32. The van der Waals surface area contributed by atoms with E-state index < -0.39 is 38.3 Å². The van der Waals surface area contributed by atoms with Gasteiger partial charge in [0.15, 0.2) is 15.4 Å². The summed E-state index contributed by atoms with van der Waals surface area (Å²) in [5.41, 5.74) is -0.620. The summed E-state index contributed by atoms with van der Waals surface area (Å²) in [4.78, 5) is 7.02. The standard InChI is InChI=1S/C20H30FN3O5S/c1-19(2,3)18(25)23(6)15-8-12-14(22-28-16(12)9-13(15)21)11-30(26,27)17-10-20(4,5)29-24(17)7/h8-9,17-18,25H,10-11H2,1-7H3. The molecule has 0 saturated carbocycles. The van der Waals surface area contributed by atoms with E-state index in [1.807, 2.05) is 34.6 Å². The molecule has 3 rings (SSSR count). The summed E-state index contributed by atoms with van der Waals surface area (Å²) >= 11 is 0. The molecule has 1 aliphatic heterocycles. The minimum absolute atomic E-state index is 0.134. The number of sulfone groups is 1. The molecule has 0 aliphatic carbocycles. The average Bonchev–Trinajstić information content (AvgIpc) is 3.10. The highest BCUT2D eigenvalue weighted by Crippen LogP contribution is 2.35. The molecular formula is C20H30FN3O5S. The first kappa shape index (κ1) is 22.9. The summed E-state index contributed by atoms with van der Waals surface area (Å²) in [5.74, 6) is -0.963. The topological polar surface area (TPSA) is 96.1 Å². The Balaban J connectivity index is 1.96. The molecule has 10 heteroatoms. The number of halogens is 1. The highest BCUT2D eigenvalue weighted by molar-refractivity contribution is 7.91. The average molecular weight is 444 g/mol. The normalized spacial score (nSPS) is 21.3. The number of hydroxylamine groups is 2. The van der Waals surface area contributed by atoms with Crippen molar-refractivity contribution in [3.8, 4) is 0 Å². The summed E-state index contributed by atoms with van der Waals surface area (Å²) in [6, 6.07) is 2.63. The number of aliphatic hydroxyl groups excluding tert-OH is 1. The number of anilines is 1. The molecule has 0 amide bonds. The van der Waals surface area contributed by atoms with Gasteiger partial charge in [-0.1, -0.05) is 25.9 Å². The Morgan fingerprint density at radius 2 is 2.03 bits per heavy atom. The van der Waals surface area contributed by atoms with E-state index in [4.69, 9.17) is 9.36 Å². The summed E-state index contributed by atoms with van der Waals surface area (Å²) in [5, 5.41) is 15.4. The lowest BCUT2D eigenvalue weighted by atomic mass is 9.93. The van der Waals surface area contributed by atoms with E-state index in [0.717, 1.165) is 6.07 Å². The zero-order valence-corrected chi connectivity index (χ0v) is 19.2. The minimum atomic E-state index is -3.66. The summed E-state index contributed by atoms with van der Waals surface area (Å²) < 4.78 is 45.9. The van der Waals surface area contributed by atoms with Crippen molar-refractivity contribution in [3.05, 3.63) is 23.6 Å². The van der Waals surface area contributed by atoms with Crippen molar-refractivity contribution in [3.63, 3.8) is 0 Å². The first-order valence-electron chi connectivity index (χ1n) is 9.75. The van der Waals surface area contributed by atoms with E-state index >= 15 is 0 Å². The van der Waals surface area contributed by atoms with Gasteiger partial charge >= 0.3 is 0 Å². The maximum absolute atomic E-state index is 14.7. The lowest BCUT2D eigenvalue weighted by molar-refractivity contribution is -0.168. The van der Waals surface area contributed by atoms with Crippen LogP contribution in [0.2, 0.25) is 0 Å². The Morgan fingerprint density at radius 1 is 1.40 bits per heavy atom. The molecule has 0 radical (unpaired) electrons. The van der Waals surface area contributed by atoms with E-state index in [1.165, 1.54) is 16.0 Å². The van der Waals surface area contributed by atoms with Crippen LogP contribution < -0.4 is 4.90 Å². The van der Waals surface area contributed by atoms with Gasteiger partial charge < -0.3 is 14.5 Å². The Bertz CT molecular complexity index is 1040. The van der Waals surface area contributed by atoms with Crippen LogP contribution in [0.25, 0.3) is 11.0 Å². The molecule has 1 N–H and O–H groups in total. The minimum Gasteiger partial charge on any atom is -0.373 e. The molecule has 0 spiro atoms. The van der Waals surface area contributed by atoms with Gasteiger partial charge in [-0.25, -0.2) is 12.8 Å². The monoisotopic (exact) mass is 443 g/mol. The molecule has 0 bridgehead atoms. The highest BCUT2D eigenvalue weighted by Gasteiger charge is 2.44. The van der Waals surface area contributed by atoms with Crippen molar-refractivity contribution >= 4 is 26.5 Å². The molecule has 168 valence electrons. The summed E-state index contributed by atoms with van der Waals surface area (Å²) in [7, 11) is -0.484. The van der Waals surface area contributed by atoms with Crippen molar-refractivity contribution in [2.24, 2.45) is 5.41 Å². The van der Waals surface area contributed by atoms with Crippen LogP contribution in [0.4, 0.5) is 10.1 Å². The number of aromatic nitrogens is 1. The molecule has 2 aromatic rings. The predicted octanol–water partition coefficient (Wildman–Crippen LogP) is 3.05. The van der Waals surface area contributed by atoms with Crippen LogP contribution in [0.3, 0.4) is 0 Å². The van der Waals surface area contributed by atoms with Gasteiger partial charge in [0.1, 0.15) is 23.1 Å². The summed E-state index contributed by atoms with van der Waals surface area (Å²) in [6.07, 6.45) is -0.634. The van der Waals surface area contributed by atoms with Crippen LogP contribution in [0, 0.1) is 11.2 Å². The molecule has 2 unspecified atom stereocenters. The summed E-state index contributed by atoms with van der Waals surface area (Å²) in [6.45, 7) is 9.17. The highest BCUT2D eigenvalue weighted by atomic mass is 32.2. The van der Waals surface area contributed by atoms with Gasteiger partial charge in [0.25, 0.3) is 0 Å². The molecule has 2 atom stereocenters. The van der Waals surface area contributed by atoms with E-state index in [9.17, 15) is 17.9 Å². The molecule has 1 saturated heterocycles. The van der Waals surface area contributed by atoms with E-state index in [1.54, 1.807) is 14.1 Å². The van der Waals surface area contributed by atoms with E-state index in [0.29, 0.717) is 11.8 Å². The number of benzene rings is 1. The molecule has 2 heterocycles. The van der Waals surface area contributed by atoms with Crippen LogP contribution in [0.1, 0.15) is 46.7 Å². The fourth-order valence-electron chi connectivity index (χ4n) is 3.76. The third-order valence-corrected chi connectivity index (χ3v) is 7.32. The number of hydrogen-bond donors (Lipinski definition) is 1. The van der Waals surface area contributed by atoms with Gasteiger partial charge in [-0.05, 0) is 19.9 Å².